The highest BCUT2D eigenvalue weighted by atomic mass is 16.2. The van der Waals surface area contributed by atoms with Gasteiger partial charge in [-0.25, -0.2) is 0 Å². The van der Waals surface area contributed by atoms with Gasteiger partial charge < -0.3 is 15.5 Å². The molecular formula is C20H31N3O. The second kappa shape index (κ2) is 7.56. The van der Waals surface area contributed by atoms with Crippen molar-refractivity contribution in [2.75, 3.05) is 37.6 Å². The SMILES string of the molecule is Cc1cccc(N2CCN(C(=O)CC3(CN)CCCCC3)CC2)c1. The summed E-state index contributed by atoms with van der Waals surface area (Å²) in [6, 6.07) is 8.62. The zero-order valence-corrected chi connectivity index (χ0v) is 15.0. The molecule has 132 valence electrons. The van der Waals surface area contributed by atoms with Crippen LogP contribution in [0.15, 0.2) is 24.3 Å². The first kappa shape index (κ1) is 17.3. The molecule has 1 heterocycles. The van der Waals surface area contributed by atoms with Gasteiger partial charge in [0.05, 0.1) is 0 Å². The molecule has 0 radical (unpaired) electrons. The first-order valence-electron chi connectivity index (χ1n) is 9.41. The molecule has 1 saturated heterocycles. The number of amides is 1. The van der Waals surface area contributed by atoms with E-state index in [0.29, 0.717) is 18.9 Å². The summed E-state index contributed by atoms with van der Waals surface area (Å²) < 4.78 is 0. The molecular weight excluding hydrogens is 298 g/mol. The van der Waals surface area contributed by atoms with E-state index in [0.717, 1.165) is 39.0 Å². The lowest BCUT2D eigenvalue weighted by molar-refractivity contribution is -0.134. The van der Waals surface area contributed by atoms with Gasteiger partial charge in [-0.1, -0.05) is 31.4 Å². The van der Waals surface area contributed by atoms with E-state index in [1.54, 1.807) is 0 Å². The van der Waals surface area contributed by atoms with Gasteiger partial charge in [-0.3, -0.25) is 4.79 Å². The van der Waals surface area contributed by atoms with Crippen molar-refractivity contribution in [2.24, 2.45) is 11.1 Å². The van der Waals surface area contributed by atoms with Gasteiger partial charge in [0.25, 0.3) is 0 Å². The van der Waals surface area contributed by atoms with Gasteiger partial charge in [0, 0.05) is 38.3 Å². The maximum absolute atomic E-state index is 12.8. The number of nitrogens with zero attached hydrogens (tertiary/aromatic N) is 2. The van der Waals surface area contributed by atoms with E-state index in [9.17, 15) is 4.79 Å². The van der Waals surface area contributed by atoms with E-state index in [1.807, 2.05) is 0 Å². The summed E-state index contributed by atoms with van der Waals surface area (Å²) in [5, 5.41) is 0. The molecule has 1 aromatic carbocycles. The zero-order valence-electron chi connectivity index (χ0n) is 15.0. The number of carbonyl (C=O) groups excluding carboxylic acids is 1. The third kappa shape index (κ3) is 3.92. The minimum atomic E-state index is 0.0724. The first-order valence-corrected chi connectivity index (χ1v) is 9.41. The molecule has 1 aliphatic heterocycles. The van der Waals surface area contributed by atoms with Crippen LogP contribution in [0.5, 0.6) is 0 Å². The Balaban J connectivity index is 1.55. The molecule has 4 nitrogen and oxygen atoms in total. The average Bonchev–Trinajstić information content (AvgIpc) is 2.62. The molecule has 24 heavy (non-hydrogen) atoms. The van der Waals surface area contributed by atoms with Crippen molar-refractivity contribution >= 4 is 11.6 Å². The van der Waals surface area contributed by atoms with Crippen LogP contribution in [0.25, 0.3) is 0 Å². The highest BCUT2D eigenvalue weighted by Crippen LogP contribution is 2.38. The van der Waals surface area contributed by atoms with Gasteiger partial charge in [0.1, 0.15) is 0 Å². The van der Waals surface area contributed by atoms with Crippen LogP contribution in [0.2, 0.25) is 0 Å². The number of benzene rings is 1. The summed E-state index contributed by atoms with van der Waals surface area (Å²) in [6.45, 7) is 6.28. The van der Waals surface area contributed by atoms with Crippen LogP contribution < -0.4 is 10.6 Å². The topological polar surface area (TPSA) is 49.6 Å². The normalized spacial score (nSPS) is 20.9. The van der Waals surface area contributed by atoms with Gasteiger partial charge >= 0.3 is 0 Å². The maximum atomic E-state index is 12.8. The Morgan fingerprint density at radius 2 is 1.83 bits per heavy atom. The number of aryl methyl sites for hydroxylation is 1. The van der Waals surface area contributed by atoms with Gasteiger partial charge in [0.15, 0.2) is 0 Å². The van der Waals surface area contributed by atoms with E-state index in [-0.39, 0.29) is 5.41 Å². The quantitative estimate of drug-likeness (QED) is 0.924. The van der Waals surface area contributed by atoms with Crippen LogP contribution in [0.4, 0.5) is 5.69 Å². The highest BCUT2D eigenvalue weighted by molar-refractivity contribution is 5.77. The molecule has 0 spiro atoms. The van der Waals surface area contributed by atoms with Gasteiger partial charge in [-0.15, -0.1) is 0 Å². The standard InChI is InChI=1S/C20H31N3O/c1-17-6-5-7-18(14-17)22-10-12-23(13-11-22)19(24)15-20(16-21)8-3-2-4-9-20/h5-7,14H,2-4,8-13,15-16,21H2,1H3. The number of anilines is 1. The van der Waals surface area contributed by atoms with Crippen LogP contribution in [0, 0.1) is 12.3 Å². The van der Waals surface area contributed by atoms with Crippen molar-refractivity contribution < 1.29 is 4.79 Å². The summed E-state index contributed by atoms with van der Waals surface area (Å²) in [7, 11) is 0. The van der Waals surface area contributed by atoms with Crippen molar-refractivity contribution in [1.82, 2.24) is 4.90 Å². The number of hydrogen-bond acceptors (Lipinski definition) is 3. The monoisotopic (exact) mass is 329 g/mol. The van der Waals surface area contributed by atoms with Gasteiger partial charge in [-0.2, -0.15) is 0 Å². The lowest BCUT2D eigenvalue weighted by Crippen LogP contribution is -2.50. The fourth-order valence-electron chi connectivity index (χ4n) is 4.23. The summed E-state index contributed by atoms with van der Waals surface area (Å²) >= 11 is 0. The number of hydrogen-bond donors (Lipinski definition) is 1. The third-order valence-corrected chi connectivity index (χ3v) is 5.87. The Morgan fingerprint density at radius 1 is 1.12 bits per heavy atom. The summed E-state index contributed by atoms with van der Waals surface area (Å²) in [5.41, 5.74) is 8.68. The molecule has 3 rings (SSSR count). The summed E-state index contributed by atoms with van der Waals surface area (Å²) in [4.78, 5) is 17.2. The van der Waals surface area contributed by atoms with E-state index in [2.05, 4.69) is 41.0 Å². The van der Waals surface area contributed by atoms with E-state index < -0.39 is 0 Å². The summed E-state index contributed by atoms with van der Waals surface area (Å²) in [6.07, 6.45) is 6.65. The van der Waals surface area contributed by atoms with Crippen molar-refractivity contribution in [1.29, 1.82) is 0 Å². The predicted octanol–water partition coefficient (Wildman–Crippen LogP) is 2.94. The molecule has 0 atom stereocenters. The minimum Gasteiger partial charge on any atom is -0.368 e. The second-order valence-corrected chi connectivity index (χ2v) is 7.65. The highest BCUT2D eigenvalue weighted by Gasteiger charge is 2.35. The fraction of sp³-hybridized carbons (Fsp3) is 0.650. The number of rotatable bonds is 4. The number of nitrogens with two attached hydrogens (primary N) is 1. The first-order chi connectivity index (χ1) is 11.6. The molecule has 2 N–H and O–H groups in total. The Morgan fingerprint density at radius 3 is 2.46 bits per heavy atom. The molecule has 4 heteroatoms. The Labute approximate surface area is 146 Å². The van der Waals surface area contributed by atoms with Crippen LogP contribution in [0.1, 0.15) is 44.1 Å². The lowest BCUT2D eigenvalue weighted by atomic mass is 9.71. The van der Waals surface area contributed by atoms with Crippen LogP contribution in [0.3, 0.4) is 0 Å². The predicted molar refractivity (Wildman–Crippen MR) is 99.2 cm³/mol. The van der Waals surface area contributed by atoms with Crippen molar-refractivity contribution in [2.45, 2.75) is 45.4 Å². The smallest absolute Gasteiger partial charge is 0.223 e. The van der Waals surface area contributed by atoms with Crippen molar-refractivity contribution in [3.8, 4) is 0 Å². The molecule has 0 aromatic heterocycles. The minimum absolute atomic E-state index is 0.0724. The molecule has 2 aliphatic rings. The maximum Gasteiger partial charge on any atom is 0.223 e. The summed E-state index contributed by atoms with van der Waals surface area (Å²) in [5.74, 6) is 0.311. The molecule has 1 aromatic rings. The molecule has 1 aliphatic carbocycles. The van der Waals surface area contributed by atoms with Crippen molar-refractivity contribution in [3.05, 3.63) is 29.8 Å². The number of piperazine rings is 1. The Bertz CT molecular complexity index is 558. The Kier molecular flexibility index (Phi) is 5.44. The Hall–Kier alpha value is -1.55. The molecule has 0 unspecified atom stereocenters. The van der Waals surface area contributed by atoms with Crippen LogP contribution in [-0.4, -0.2) is 43.5 Å². The fourth-order valence-corrected chi connectivity index (χ4v) is 4.23. The van der Waals surface area contributed by atoms with E-state index in [1.165, 1.54) is 30.5 Å². The van der Waals surface area contributed by atoms with Crippen molar-refractivity contribution in [3.63, 3.8) is 0 Å². The second-order valence-electron chi connectivity index (χ2n) is 7.65. The van der Waals surface area contributed by atoms with Gasteiger partial charge in [-0.05, 0) is 49.4 Å². The largest absolute Gasteiger partial charge is 0.368 e. The van der Waals surface area contributed by atoms with Crippen LogP contribution >= 0.6 is 0 Å². The number of carbonyl (C=O) groups is 1. The van der Waals surface area contributed by atoms with E-state index in [4.69, 9.17) is 5.73 Å². The van der Waals surface area contributed by atoms with Gasteiger partial charge in [0.2, 0.25) is 5.91 Å². The lowest BCUT2D eigenvalue weighted by Gasteiger charge is -2.40. The zero-order chi connectivity index (χ0) is 17.0. The van der Waals surface area contributed by atoms with Crippen LogP contribution in [-0.2, 0) is 4.79 Å². The third-order valence-electron chi connectivity index (χ3n) is 5.87. The molecule has 1 saturated carbocycles. The average molecular weight is 329 g/mol. The molecule has 0 bridgehead atoms. The van der Waals surface area contributed by atoms with E-state index >= 15 is 0 Å². The molecule has 1 amide bonds. The molecule has 2 fully saturated rings.